The van der Waals surface area contributed by atoms with Gasteiger partial charge in [-0.2, -0.15) is 0 Å². The third-order valence-electron chi connectivity index (χ3n) is 4.22. The average Bonchev–Trinajstić information content (AvgIpc) is 3.37. The molecule has 0 bridgehead atoms. The summed E-state index contributed by atoms with van der Waals surface area (Å²) in [6.07, 6.45) is 3.65. The lowest BCUT2D eigenvalue weighted by atomic mass is 10.2. The lowest BCUT2D eigenvalue weighted by molar-refractivity contribution is -0.116. The van der Waals surface area contributed by atoms with Gasteiger partial charge >= 0.3 is 0 Å². The zero-order chi connectivity index (χ0) is 20.1. The van der Waals surface area contributed by atoms with Crippen molar-refractivity contribution in [2.24, 2.45) is 0 Å². The number of benzene rings is 2. The summed E-state index contributed by atoms with van der Waals surface area (Å²) in [5, 5.41) is 6.93. The molecule has 0 saturated carbocycles. The normalized spacial score (nSPS) is 10.8. The van der Waals surface area contributed by atoms with Crippen molar-refractivity contribution >= 4 is 11.9 Å². The first-order valence-corrected chi connectivity index (χ1v) is 9.09. The van der Waals surface area contributed by atoms with Crippen LogP contribution in [0.15, 0.2) is 71.5 Å². The van der Waals surface area contributed by atoms with Crippen molar-refractivity contribution in [2.45, 2.75) is 19.4 Å². The number of carbonyl (C=O) groups is 1. The highest BCUT2D eigenvalue weighted by Crippen LogP contribution is 2.21. The molecule has 0 atom stereocenters. The van der Waals surface area contributed by atoms with Crippen LogP contribution in [-0.2, 0) is 17.8 Å². The van der Waals surface area contributed by atoms with Crippen LogP contribution in [0.5, 0.6) is 0 Å². The Balaban J connectivity index is 1.29. The Labute approximate surface area is 166 Å². The van der Waals surface area contributed by atoms with Crippen LogP contribution in [0.1, 0.15) is 17.9 Å². The van der Waals surface area contributed by atoms with Crippen LogP contribution in [0, 0.1) is 5.82 Å². The minimum atomic E-state index is -0.315. The fraction of sp³-hybridized carbons (Fsp3) is 0.143. The summed E-state index contributed by atoms with van der Waals surface area (Å²) >= 11 is 0. The molecule has 0 saturated heterocycles. The summed E-state index contributed by atoms with van der Waals surface area (Å²) in [6, 6.07) is 15.8. The van der Waals surface area contributed by atoms with E-state index in [0.717, 1.165) is 11.1 Å². The topological polar surface area (TPSA) is 85.8 Å². The molecule has 146 valence electrons. The second-order valence-electron chi connectivity index (χ2n) is 6.42. The highest BCUT2D eigenvalue weighted by atomic mass is 19.1. The standard InChI is InChI=1S/C21H18FN5O2/c22-17-8-6-16(7-9-17)18-12-23-20(29-18)11-10-19(28)25-21-24-14-27(26-21)13-15-4-2-1-3-5-15/h1-9,12,14H,10-11,13H2,(H,25,26,28). The molecule has 0 spiro atoms. The van der Waals surface area contributed by atoms with Crippen LogP contribution in [0.3, 0.4) is 0 Å². The van der Waals surface area contributed by atoms with E-state index in [-0.39, 0.29) is 24.1 Å². The Morgan fingerprint density at radius 3 is 2.66 bits per heavy atom. The van der Waals surface area contributed by atoms with Gasteiger partial charge in [0.1, 0.15) is 12.1 Å². The summed E-state index contributed by atoms with van der Waals surface area (Å²) < 4.78 is 20.3. The molecule has 1 amide bonds. The second-order valence-corrected chi connectivity index (χ2v) is 6.42. The quantitative estimate of drug-likeness (QED) is 0.519. The van der Waals surface area contributed by atoms with Gasteiger partial charge in [0.05, 0.1) is 12.7 Å². The van der Waals surface area contributed by atoms with Crippen molar-refractivity contribution in [3.8, 4) is 11.3 Å². The van der Waals surface area contributed by atoms with Crippen LogP contribution >= 0.6 is 0 Å². The highest BCUT2D eigenvalue weighted by Gasteiger charge is 2.11. The molecular weight excluding hydrogens is 373 g/mol. The third kappa shape index (κ3) is 4.92. The zero-order valence-electron chi connectivity index (χ0n) is 15.5. The number of aryl methyl sites for hydroxylation is 1. The van der Waals surface area contributed by atoms with Crippen LogP contribution < -0.4 is 5.32 Å². The molecular formula is C21H18FN5O2. The number of amides is 1. The van der Waals surface area contributed by atoms with Crippen molar-refractivity contribution in [2.75, 3.05) is 5.32 Å². The number of aromatic nitrogens is 4. The number of nitrogens with one attached hydrogen (secondary N) is 1. The number of hydrogen-bond donors (Lipinski definition) is 1. The summed E-state index contributed by atoms with van der Waals surface area (Å²) in [6.45, 7) is 0.576. The van der Waals surface area contributed by atoms with Crippen LogP contribution in [-0.4, -0.2) is 25.7 Å². The summed E-state index contributed by atoms with van der Waals surface area (Å²) in [7, 11) is 0. The van der Waals surface area contributed by atoms with Gasteiger partial charge in [-0.3, -0.25) is 10.1 Å². The largest absolute Gasteiger partial charge is 0.441 e. The van der Waals surface area contributed by atoms with Gasteiger partial charge in [-0.1, -0.05) is 30.3 Å². The second kappa shape index (κ2) is 8.47. The first kappa shape index (κ1) is 18.5. The maximum absolute atomic E-state index is 13.0. The summed E-state index contributed by atoms with van der Waals surface area (Å²) in [5.74, 6) is 0.670. The Hall–Kier alpha value is -3.81. The lowest BCUT2D eigenvalue weighted by Gasteiger charge is -2.01. The Morgan fingerprint density at radius 1 is 1.07 bits per heavy atom. The number of oxazole rings is 1. The smallest absolute Gasteiger partial charge is 0.248 e. The lowest BCUT2D eigenvalue weighted by Crippen LogP contribution is -2.14. The van der Waals surface area contributed by atoms with E-state index < -0.39 is 0 Å². The molecule has 8 heteroatoms. The monoisotopic (exact) mass is 391 g/mol. The van der Waals surface area contributed by atoms with Gasteiger partial charge in [-0.15, -0.1) is 5.10 Å². The van der Waals surface area contributed by atoms with Gasteiger partial charge in [0, 0.05) is 18.4 Å². The maximum atomic E-state index is 13.0. The molecule has 2 aromatic carbocycles. The molecule has 2 aromatic heterocycles. The van der Waals surface area contributed by atoms with Gasteiger partial charge in [0.25, 0.3) is 0 Å². The number of hydrogen-bond acceptors (Lipinski definition) is 5. The SMILES string of the molecule is O=C(CCc1ncc(-c2ccc(F)cc2)o1)Nc1ncn(Cc2ccccc2)n1. The van der Waals surface area contributed by atoms with Gasteiger partial charge in [0.2, 0.25) is 11.9 Å². The third-order valence-corrected chi connectivity index (χ3v) is 4.22. The molecule has 0 aliphatic rings. The van der Waals surface area contributed by atoms with Crippen LogP contribution in [0.4, 0.5) is 10.3 Å². The van der Waals surface area contributed by atoms with E-state index in [0.29, 0.717) is 24.6 Å². The first-order valence-electron chi connectivity index (χ1n) is 9.09. The Morgan fingerprint density at radius 2 is 1.86 bits per heavy atom. The summed E-state index contributed by atoms with van der Waals surface area (Å²) in [4.78, 5) is 20.4. The molecule has 0 aliphatic carbocycles. The van der Waals surface area contributed by atoms with E-state index in [9.17, 15) is 9.18 Å². The number of anilines is 1. The molecule has 0 unspecified atom stereocenters. The van der Waals surface area contributed by atoms with Crippen molar-refractivity contribution in [1.29, 1.82) is 0 Å². The molecule has 7 nitrogen and oxygen atoms in total. The number of nitrogens with zero attached hydrogens (tertiary/aromatic N) is 4. The molecule has 0 fully saturated rings. The number of rotatable bonds is 7. The van der Waals surface area contributed by atoms with E-state index in [1.54, 1.807) is 29.3 Å². The van der Waals surface area contributed by atoms with Gasteiger partial charge in [0.15, 0.2) is 11.7 Å². The van der Waals surface area contributed by atoms with Gasteiger partial charge in [-0.05, 0) is 29.8 Å². The molecule has 29 heavy (non-hydrogen) atoms. The molecule has 4 aromatic rings. The van der Waals surface area contributed by atoms with E-state index in [4.69, 9.17) is 4.42 Å². The van der Waals surface area contributed by atoms with Crippen LogP contribution in [0.25, 0.3) is 11.3 Å². The molecule has 1 N–H and O–H groups in total. The molecule has 0 radical (unpaired) electrons. The van der Waals surface area contributed by atoms with E-state index in [1.807, 2.05) is 30.3 Å². The molecule has 0 aliphatic heterocycles. The fourth-order valence-corrected chi connectivity index (χ4v) is 2.78. The van der Waals surface area contributed by atoms with E-state index in [2.05, 4.69) is 20.4 Å². The molecule has 4 rings (SSSR count). The van der Waals surface area contributed by atoms with Crippen molar-refractivity contribution in [3.05, 3.63) is 84.4 Å². The fourth-order valence-electron chi connectivity index (χ4n) is 2.78. The minimum absolute atomic E-state index is 0.177. The minimum Gasteiger partial charge on any atom is -0.441 e. The van der Waals surface area contributed by atoms with E-state index in [1.165, 1.54) is 12.1 Å². The van der Waals surface area contributed by atoms with Gasteiger partial charge in [-0.25, -0.2) is 19.0 Å². The molecule has 2 heterocycles. The average molecular weight is 391 g/mol. The zero-order valence-corrected chi connectivity index (χ0v) is 15.5. The van der Waals surface area contributed by atoms with Crippen molar-refractivity contribution < 1.29 is 13.6 Å². The van der Waals surface area contributed by atoms with Crippen molar-refractivity contribution in [1.82, 2.24) is 19.7 Å². The first-order chi connectivity index (χ1) is 14.2. The summed E-state index contributed by atoms with van der Waals surface area (Å²) in [5.41, 5.74) is 1.82. The Bertz CT molecular complexity index is 1090. The van der Waals surface area contributed by atoms with Gasteiger partial charge < -0.3 is 4.42 Å². The van der Waals surface area contributed by atoms with Crippen LogP contribution in [0.2, 0.25) is 0 Å². The maximum Gasteiger partial charge on any atom is 0.248 e. The number of halogens is 1. The van der Waals surface area contributed by atoms with Crippen molar-refractivity contribution in [3.63, 3.8) is 0 Å². The highest BCUT2D eigenvalue weighted by molar-refractivity contribution is 5.88. The predicted molar refractivity (Wildman–Crippen MR) is 104 cm³/mol. The Kier molecular flexibility index (Phi) is 5.42. The number of carbonyl (C=O) groups excluding carboxylic acids is 1. The van der Waals surface area contributed by atoms with E-state index >= 15 is 0 Å². The predicted octanol–water partition coefficient (Wildman–Crippen LogP) is 3.69.